The van der Waals surface area contributed by atoms with Gasteiger partial charge in [-0.15, -0.1) is 0 Å². The van der Waals surface area contributed by atoms with Gasteiger partial charge in [0.05, 0.1) is 12.6 Å². The first kappa shape index (κ1) is 12.5. The summed E-state index contributed by atoms with van der Waals surface area (Å²) in [6.07, 6.45) is -1.05. The van der Waals surface area contributed by atoms with E-state index in [2.05, 4.69) is 0 Å². The highest BCUT2D eigenvalue weighted by Gasteiger charge is 2.41. The topological polar surface area (TPSA) is 83.9 Å². The summed E-state index contributed by atoms with van der Waals surface area (Å²) in [7, 11) is 0. The number of ketones is 1. The van der Waals surface area contributed by atoms with E-state index in [0.717, 1.165) is 4.90 Å². The minimum Gasteiger partial charge on any atom is -0.465 e. The number of hydrogen-bond acceptors (Lipinski definition) is 4. The van der Waals surface area contributed by atoms with E-state index >= 15 is 0 Å². The van der Waals surface area contributed by atoms with Gasteiger partial charge < -0.3 is 14.7 Å². The molecule has 0 bridgehead atoms. The number of esters is 1. The van der Waals surface area contributed by atoms with Gasteiger partial charge in [0.1, 0.15) is 5.92 Å². The van der Waals surface area contributed by atoms with Gasteiger partial charge in [-0.2, -0.15) is 0 Å². The van der Waals surface area contributed by atoms with Crippen LogP contribution in [0.4, 0.5) is 4.79 Å². The Kier molecular flexibility index (Phi) is 3.87. The second kappa shape index (κ2) is 4.96. The Morgan fingerprint density at radius 1 is 1.56 bits per heavy atom. The third-order valence-electron chi connectivity index (χ3n) is 2.71. The molecule has 2 unspecified atom stereocenters. The first-order valence-corrected chi connectivity index (χ1v) is 5.18. The highest BCUT2D eigenvalue weighted by Crippen LogP contribution is 2.22. The molecule has 90 valence electrons. The first-order valence-electron chi connectivity index (χ1n) is 5.18. The monoisotopic (exact) mass is 229 g/mol. The molecule has 0 aromatic rings. The van der Waals surface area contributed by atoms with E-state index < -0.39 is 24.0 Å². The van der Waals surface area contributed by atoms with Crippen LogP contribution >= 0.6 is 0 Å². The number of rotatable bonds is 2. The fourth-order valence-corrected chi connectivity index (χ4v) is 1.87. The summed E-state index contributed by atoms with van der Waals surface area (Å²) in [6, 6.07) is -0.655. The van der Waals surface area contributed by atoms with Gasteiger partial charge in [-0.3, -0.25) is 9.59 Å². The zero-order valence-electron chi connectivity index (χ0n) is 9.30. The van der Waals surface area contributed by atoms with Crippen LogP contribution in [0.25, 0.3) is 0 Å². The maximum absolute atomic E-state index is 11.6. The minimum atomic E-state index is -1.12. The van der Waals surface area contributed by atoms with Crippen LogP contribution in [0.3, 0.4) is 0 Å². The molecule has 1 saturated heterocycles. The molecule has 1 amide bonds. The highest BCUT2D eigenvalue weighted by atomic mass is 16.5. The minimum absolute atomic E-state index is 0.0696. The number of nitrogens with zero attached hydrogens (tertiary/aromatic N) is 1. The summed E-state index contributed by atoms with van der Waals surface area (Å²) < 4.78 is 4.77. The summed E-state index contributed by atoms with van der Waals surface area (Å²) in [4.78, 5) is 35.1. The number of Topliss-reactive ketones (excluding diaryl/α,β-unsaturated/α-hetero) is 1. The summed E-state index contributed by atoms with van der Waals surface area (Å²) >= 11 is 0. The SMILES string of the molecule is CCOC(=O)C1C(=O)CCN(C(=O)O)C1C. The van der Waals surface area contributed by atoms with Crippen molar-refractivity contribution in [3.63, 3.8) is 0 Å². The fourth-order valence-electron chi connectivity index (χ4n) is 1.87. The standard InChI is InChI=1S/C10H15NO5/c1-3-16-9(13)8-6(2)11(10(14)15)5-4-7(8)12/h6,8H,3-5H2,1-2H3,(H,14,15). The van der Waals surface area contributed by atoms with Gasteiger partial charge in [-0.25, -0.2) is 4.79 Å². The van der Waals surface area contributed by atoms with E-state index in [1.54, 1.807) is 13.8 Å². The molecular formula is C10H15NO5. The Bertz CT molecular complexity index is 314. The van der Waals surface area contributed by atoms with Crippen molar-refractivity contribution in [2.45, 2.75) is 26.3 Å². The van der Waals surface area contributed by atoms with Crippen LogP contribution in [0.1, 0.15) is 20.3 Å². The van der Waals surface area contributed by atoms with E-state index in [0.29, 0.717) is 0 Å². The predicted molar refractivity (Wildman–Crippen MR) is 53.9 cm³/mol. The molecule has 1 aliphatic rings. The zero-order chi connectivity index (χ0) is 12.3. The molecule has 1 N–H and O–H groups in total. The highest BCUT2D eigenvalue weighted by molar-refractivity contribution is 6.01. The van der Waals surface area contributed by atoms with Crippen molar-refractivity contribution in [3.05, 3.63) is 0 Å². The van der Waals surface area contributed by atoms with Gasteiger partial charge in [-0.1, -0.05) is 0 Å². The van der Waals surface area contributed by atoms with E-state index in [9.17, 15) is 14.4 Å². The van der Waals surface area contributed by atoms with Gasteiger partial charge in [-0.05, 0) is 13.8 Å². The van der Waals surface area contributed by atoms with Crippen LogP contribution in [0.15, 0.2) is 0 Å². The van der Waals surface area contributed by atoms with Crippen LogP contribution in [-0.4, -0.2) is 47.0 Å². The largest absolute Gasteiger partial charge is 0.465 e. The first-order chi connectivity index (χ1) is 7.49. The third-order valence-corrected chi connectivity index (χ3v) is 2.71. The molecule has 1 heterocycles. The molecule has 1 fully saturated rings. The van der Waals surface area contributed by atoms with Crippen LogP contribution in [-0.2, 0) is 14.3 Å². The number of amides is 1. The van der Waals surface area contributed by atoms with Crippen molar-refractivity contribution in [3.8, 4) is 0 Å². The number of carboxylic acid groups (broad SMARTS) is 1. The number of hydrogen-bond donors (Lipinski definition) is 1. The summed E-state index contributed by atoms with van der Waals surface area (Å²) in [5, 5.41) is 8.89. The van der Waals surface area contributed by atoms with E-state index in [1.165, 1.54) is 0 Å². The molecule has 0 aromatic carbocycles. The Balaban J connectivity index is 2.83. The van der Waals surface area contributed by atoms with E-state index in [4.69, 9.17) is 9.84 Å². The van der Waals surface area contributed by atoms with Crippen LogP contribution < -0.4 is 0 Å². The molecule has 0 spiro atoms. The smallest absolute Gasteiger partial charge is 0.407 e. The summed E-state index contributed by atoms with van der Waals surface area (Å²) in [6.45, 7) is 3.52. The quantitative estimate of drug-likeness (QED) is 0.550. The number of piperidine rings is 1. The summed E-state index contributed by atoms with van der Waals surface area (Å²) in [5.74, 6) is -1.86. The third kappa shape index (κ3) is 2.32. The lowest BCUT2D eigenvalue weighted by atomic mass is 9.89. The van der Waals surface area contributed by atoms with Crippen LogP contribution in [0.2, 0.25) is 0 Å². The van der Waals surface area contributed by atoms with Gasteiger partial charge >= 0.3 is 12.1 Å². The Morgan fingerprint density at radius 3 is 2.69 bits per heavy atom. The van der Waals surface area contributed by atoms with Gasteiger partial charge in [0.25, 0.3) is 0 Å². The maximum atomic E-state index is 11.6. The molecule has 0 aromatic heterocycles. The molecule has 0 aliphatic carbocycles. The normalized spacial score (nSPS) is 25.4. The molecule has 1 aliphatic heterocycles. The summed E-state index contributed by atoms with van der Waals surface area (Å²) in [5.41, 5.74) is 0. The van der Waals surface area contributed by atoms with Gasteiger partial charge in [0.15, 0.2) is 5.78 Å². The second-order valence-electron chi connectivity index (χ2n) is 3.66. The van der Waals surface area contributed by atoms with E-state index in [-0.39, 0.29) is 25.4 Å². The molecule has 6 heteroatoms. The molecule has 0 saturated carbocycles. The van der Waals surface area contributed by atoms with Crippen molar-refractivity contribution >= 4 is 17.8 Å². The molecule has 0 radical (unpaired) electrons. The molecule has 1 rings (SSSR count). The maximum Gasteiger partial charge on any atom is 0.407 e. The lowest BCUT2D eigenvalue weighted by Crippen LogP contribution is -2.53. The van der Waals surface area contributed by atoms with E-state index in [1.807, 2.05) is 0 Å². The van der Waals surface area contributed by atoms with Crippen molar-refractivity contribution < 1.29 is 24.2 Å². The number of carbonyl (C=O) groups excluding carboxylic acids is 2. The average molecular weight is 229 g/mol. The molecule has 2 atom stereocenters. The molecule has 6 nitrogen and oxygen atoms in total. The number of ether oxygens (including phenoxy) is 1. The number of likely N-dealkylation sites (tertiary alicyclic amines) is 1. The van der Waals surface area contributed by atoms with Crippen molar-refractivity contribution in [2.24, 2.45) is 5.92 Å². The van der Waals surface area contributed by atoms with Crippen LogP contribution in [0, 0.1) is 5.92 Å². The van der Waals surface area contributed by atoms with Crippen molar-refractivity contribution in [2.75, 3.05) is 13.2 Å². The van der Waals surface area contributed by atoms with Gasteiger partial charge in [0, 0.05) is 13.0 Å². The Hall–Kier alpha value is -1.59. The molecular weight excluding hydrogens is 214 g/mol. The van der Waals surface area contributed by atoms with Crippen molar-refractivity contribution in [1.29, 1.82) is 0 Å². The Labute approximate surface area is 93.2 Å². The Morgan fingerprint density at radius 2 is 2.19 bits per heavy atom. The number of carbonyl (C=O) groups is 3. The van der Waals surface area contributed by atoms with Crippen LogP contribution in [0.5, 0.6) is 0 Å². The van der Waals surface area contributed by atoms with Crippen molar-refractivity contribution in [1.82, 2.24) is 4.90 Å². The average Bonchev–Trinajstić information content (AvgIpc) is 2.17. The second-order valence-corrected chi connectivity index (χ2v) is 3.66. The predicted octanol–water partition coefficient (Wildman–Crippen LogP) is 0.507. The molecule has 16 heavy (non-hydrogen) atoms. The lowest BCUT2D eigenvalue weighted by Gasteiger charge is -2.35. The zero-order valence-corrected chi connectivity index (χ0v) is 9.30. The van der Waals surface area contributed by atoms with Gasteiger partial charge in [0.2, 0.25) is 0 Å². The lowest BCUT2D eigenvalue weighted by molar-refractivity contribution is -0.155. The fraction of sp³-hybridized carbons (Fsp3) is 0.700.